The van der Waals surface area contributed by atoms with Crippen LogP contribution in [0.1, 0.15) is 16.7 Å². The first-order valence-electron chi connectivity index (χ1n) is 5.90. The van der Waals surface area contributed by atoms with Crippen LogP contribution in [-0.2, 0) is 6.54 Å². The lowest BCUT2D eigenvalue weighted by Crippen LogP contribution is -2.11. The monoisotopic (exact) mass is 301 g/mol. The molecule has 0 amide bonds. The predicted molar refractivity (Wildman–Crippen MR) is 81.2 cm³/mol. The first-order valence-corrected chi connectivity index (χ1v) is 6.69. The summed E-state index contributed by atoms with van der Waals surface area (Å²) in [6.07, 6.45) is 0. The molecule has 1 nitrogen and oxygen atoms in total. The molecule has 0 aliphatic carbocycles. The highest BCUT2D eigenvalue weighted by atomic mass is 79.9. The summed E-state index contributed by atoms with van der Waals surface area (Å²) in [5.74, 6) is 0. The molecule has 0 radical (unpaired) electrons. The van der Waals surface area contributed by atoms with Gasteiger partial charge in [0.25, 0.3) is 0 Å². The number of rotatable bonds is 4. The molecule has 0 heterocycles. The second kappa shape index (κ2) is 5.87. The van der Waals surface area contributed by atoms with Gasteiger partial charge in [0.2, 0.25) is 0 Å². The fourth-order valence-electron chi connectivity index (χ4n) is 1.77. The third-order valence-corrected chi connectivity index (χ3v) is 3.42. The Hall–Kier alpha value is -1.54. The summed E-state index contributed by atoms with van der Waals surface area (Å²) in [5, 5.41) is 3.37. The Balaban J connectivity index is 2.04. The van der Waals surface area contributed by atoms with Gasteiger partial charge in [-0.2, -0.15) is 0 Å². The molecule has 0 fully saturated rings. The van der Waals surface area contributed by atoms with Crippen LogP contribution >= 0.6 is 15.9 Å². The van der Waals surface area contributed by atoms with Crippen molar-refractivity contribution in [3.63, 3.8) is 0 Å². The van der Waals surface area contributed by atoms with E-state index in [1.807, 2.05) is 18.2 Å². The van der Waals surface area contributed by atoms with E-state index in [9.17, 15) is 0 Å². The van der Waals surface area contributed by atoms with Gasteiger partial charge in [-0.3, -0.25) is 0 Å². The Morgan fingerprint density at radius 1 is 1.17 bits per heavy atom. The maximum Gasteiger partial charge on any atom is 0.0403 e. The number of benzene rings is 2. The van der Waals surface area contributed by atoms with Gasteiger partial charge in [0.1, 0.15) is 0 Å². The Morgan fingerprint density at radius 3 is 2.61 bits per heavy atom. The van der Waals surface area contributed by atoms with Crippen molar-refractivity contribution in [1.82, 2.24) is 5.32 Å². The molecule has 0 saturated carbocycles. The van der Waals surface area contributed by atoms with Gasteiger partial charge >= 0.3 is 0 Å². The van der Waals surface area contributed by atoms with Crippen molar-refractivity contribution in [2.45, 2.75) is 13.5 Å². The minimum atomic E-state index is 0.791. The lowest BCUT2D eigenvalue weighted by molar-refractivity contribution is 0.882. The molecular formula is C16H16BrN. The minimum Gasteiger partial charge on any atom is -0.381 e. The van der Waals surface area contributed by atoms with Crippen LogP contribution in [0, 0.1) is 6.92 Å². The Kier molecular flexibility index (Phi) is 4.21. The summed E-state index contributed by atoms with van der Waals surface area (Å²) < 4.78 is 1.11. The Morgan fingerprint density at radius 2 is 1.89 bits per heavy atom. The maximum absolute atomic E-state index is 4.07. The quantitative estimate of drug-likeness (QED) is 0.875. The van der Waals surface area contributed by atoms with E-state index in [2.05, 4.69) is 65.1 Å². The van der Waals surface area contributed by atoms with E-state index in [1.165, 1.54) is 11.1 Å². The van der Waals surface area contributed by atoms with E-state index < -0.39 is 0 Å². The summed E-state index contributed by atoms with van der Waals surface area (Å²) in [4.78, 5) is 0. The lowest BCUT2D eigenvalue weighted by Gasteiger charge is -2.12. The van der Waals surface area contributed by atoms with Crippen LogP contribution in [0.25, 0.3) is 5.70 Å². The summed E-state index contributed by atoms with van der Waals surface area (Å²) in [5.41, 5.74) is 4.65. The summed E-state index contributed by atoms with van der Waals surface area (Å²) in [7, 11) is 0. The van der Waals surface area contributed by atoms with E-state index in [4.69, 9.17) is 0 Å². The molecule has 2 rings (SSSR count). The number of hydrogen-bond donors (Lipinski definition) is 1. The molecule has 0 aliphatic heterocycles. The zero-order valence-corrected chi connectivity index (χ0v) is 12.0. The first-order chi connectivity index (χ1) is 8.66. The molecule has 0 aliphatic rings. The number of nitrogens with one attached hydrogen (secondary N) is 1. The van der Waals surface area contributed by atoms with Gasteiger partial charge in [-0.1, -0.05) is 58.9 Å². The van der Waals surface area contributed by atoms with Crippen molar-refractivity contribution in [1.29, 1.82) is 0 Å². The van der Waals surface area contributed by atoms with E-state index in [0.29, 0.717) is 0 Å². The first kappa shape index (κ1) is 12.9. The zero-order chi connectivity index (χ0) is 13.0. The van der Waals surface area contributed by atoms with Gasteiger partial charge in [-0.15, -0.1) is 0 Å². The van der Waals surface area contributed by atoms with E-state index >= 15 is 0 Å². The van der Waals surface area contributed by atoms with Gasteiger partial charge in [0, 0.05) is 16.7 Å². The van der Waals surface area contributed by atoms with Crippen molar-refractivity contribution in [2.24, 2.45) is 0 Å². The van der Waals surface area contributed by atoms with Gasteiger partial charge in [-0.25, -0.2) is 0 Å². The number of hydrogen-bond acceptors (Lipinski definition) is 1. The molecular weight excluding hydrogens is 286 g/mol. The van der Waals surface area contributed by atoms with Crippen molar-refractivity contribution in [3.8, 4) is 0 Å². The normalized spacial score (nSPS) is 10.1. The zero-order valence-electron chi connectivity index (χ0n) is 10.4. The third-order valence-electron chi connectivity index (χ3n) is 2.93. The van der Waals surface area contributed by atoms with Crippen LogP contribution in [-0.4, -0.2) is 0 Å². The highest BCUT2D eigenvalue weighted by Gasteiger charge is 2.01. The van der Waals surface area contributed by atoms with Crippen molar-refractivity contribution < 1.29 is 0 Å². The molecule has 18 heavy (non-hydrogen) atoms. The van der Waals surface area contributed by atoms with Gasteiger partial charge in [0.05, 0.1) is 0 Å². The average molecular weight is 302 g/mol. The van der Waals surface area contributed by atoms with E-state index in [1.54, 1.807) is 0 Å². The predicted octanol–water partition coefficient (Wildman–Crippen LogP) is 4.52. The highest BCUT2D eigenvalue weighted by molar-refractivity contribution is 9.10. The van der Waals surface area contributed by atoms with Crippen LogP contribution in [0.3, 0.4) is 0 Å². The summed E-state index contributed by atoms with van der Waals surface area (Å²) >= 11 is 3.50. The average Bonchev–Trinajstić information content (AvgIpc) is 2.40. The topological polar surface area (TPSA) is 12.0 Å². The van der Waals surface area contributed by atoms with Gasteiger partial charge in [-0.05, 0) is 35.7 Å². The van der Waals surface area contributed by atoms with E-state index in [-0.39, 0.29) is 0 Å². The van der Waals surface area contributed by atoms with Gasteiger partial charge in [0.15, 0.2) is 0 Å². The van der Waals surface area contributed by atoms with Crippen molar-refractivity contribution >= 4 is 21.6 Å². The van der Waals surface area contributed by atoms with E-state index in [0.717, 1.165) is 22.3 Å². The SMILES string of the molecule is C=C(NCc1cc(Br)ccc1C)c1ccccc1. The molecule has 0 bridgehead atoms. The molecule has 2 heteroatoms. The fraction of sp³-hybridized carbons (Fsp3) is 0.125. The molecule has 0 saturated heterocycles. The second-order valence-corrected chi connectivity index (χ2v) is 5.18. The molecule has 0 spiro atoms. The molecule has 92 valence electrons. The fourth-order valence-corrected chi connectivity index (χ4v) is 2.18. The highest BCUT2D eigenvalue weighted by Crippen LogP contribution is 2.17. The molecule has 0 atom stereocenters. The van der Waals surface area contributed by atoms with Crippen molar-refractivity contribution in [2.75, 3.05) is 0 Å². The summed E-state index contributed by atoms with van der Waals surface area (Å²) in [6, 6.07) is 16.5. The smallest absolute Gasteiger partial charge is 0.0403 e. The van der Waals surface area contributed by atoms with Gasteiger partial charge < -0.3 is 5.32 Å². The molecule has 0 unspecified atom stereocenters. The molecule has 0 aromatic heterocycles. The molecule has 1 N–H and O–H groups in total. The largest absolute Gasteiger partial charge is 0.381 e. The van der Waals surface area contributed by atoms with Crippen LogP contribution in [0.2, 0.25) is 0 Å². The Labute approximate surface area is 117 Å². The molecule has 2 aromatic carbocycles. The number of halogens is 1. The van der Waals surface area contributed by atoms with Crippen molar-refractivity contribution in [3.05, 3.63) is 76.3 Å². The lowest BCUT2D eigenvalue weighted by atomic mass is 10.1. The van der Waals surface area contributed by atoms with Crippen LogP contribution in [0.15, 0.2) is 59.6 Å². The minimum absolute atomic E-state index is 0.791. The summed E-state index contributed by atoms with van der Waals surface area (Å²) in [6.45, 7) is 6.98. The van der Waals surface area contributed by atoms with Crippen LogP contribution < -0.4 is 5.32 Å². The number of aryl methyl sites for hydroxylation is 1. The maximum atomic E-state index is 4.07. The van der Waals surface area contributed by atoms with Crippen LogP contribution in [0.5, 0.6) is 0 Å². The second-order valence-electron chi connectivity index (χ2n) is 4.27. The Bertz CT molecular complexity index is 546. The van der Waals surface area contributed by atoms with Crippen LogP contribution in [0.4, 0.5) is 0 Å². The standard InChI is InChI=1S/C16H16BrN/c1-12-8-9-16(17)10-15(12)11-18-13(2)14-6-4-3-5-7-14/h3-10,18H,2,11H2,1H3. The third kappa shape index (κ3) is 3.23. The molecule has 2 aromatic rings.